The van der Waals surface area contributed by atoms with E-state index in [1.807, 2.05) is 19.2 Å². The van der Waals surface area contributed by atoms with Crippen LogP contribution >= 0.6 is 0 Å². The lowest BCUT2D eigenvalue weighted by atomic mass is 10.3. The summed E-state index contributed by atoms with van der Waals surface area (Å²) in [6, 6.07) is 1.70. The molecule has 2 aromatic rings. The minimum absolute atomic E-state index is 0.106. The fraction of sp³-hybridized carbons (Fsp3) is 0.333. The summed E-state index contributed by atoms with van der Waals surface area (Å²) in [7, 11) is 0. The summed E-state index contributed by atoms with van der Waals surface area (Å²) in [6.45, 7) is 2.15. The number of carboxylic acid groups (broad SMARTS) is 1. The Hall–Kier alpha value is -2.64. The number of amides is 1. The van der Waals surface area contributed by atoms with Gasteiger partial charge in [0.2, 0.25) is 0 Å². The summed E-state index contributed by atoms with van der Waals surface area (Å²) in [4.78, 5) is 22.5. The van der Waals surface area contributed by atoms with Gasteiger partial charge in [0, 0.05) is 24.6 Å². The highest BCUT2D eigenvalue weighted by Crippen LogP contribution is 1.99. The van der Waals surface area contributed by atoms with E-state index in [0.29, 0.717) is 12.1 Å². The molecule has 2 heterocycles. The molecule has 0 spiro atoms. The first-order chi connectivity index (χ1) is 9.54. The average Bonchev–Trinajstić information content (AvgIpc) is 2.99. The number of aromatic nitrogens is 4. The van der Waals surface area contributed by atoms with Crippen molar-refractivity contribution in [3.8, 4) is 0 Å². The predicted octanol–water partition coefficient (Wildman–Crippen LogP) is -0.0173. The molecule has 1 atom stereocenters. The van der Waals surface area contributed by atoms with Crippen LogP contribution in [0.1, 0.15) is 17.3 Å². The molecular weight excluding hydrogens is 262 g/mol. The van der Waals surface area contributed by atoms with Gasteiger partial charge in [-0.1, -0.05) is 0 Å². The molecule has 0 aromatic carbocycles. The van der Waals surface area contributed by atoms with Crippen LogP contribution in [0, 0.1) is 0 Å². The molecule has 2 aromatic heterocycles. The van der Waals surface area contributed by atoms with Crippen molar-refractivity contribution in [2.24, 2.45) is 0 Å². The van der Waals surface area contributed by atoms with E-state index in [0.717, 1.165) is 0 Å². The van der Waals surface area contributed by atoms with Crippen molar-refractivity contribution in [1.29, 1.82) is 0 Å². The van der Waals surface area contributed by atoms with Crippen LogP contribution in [0.2, 0.25) is 0 Å². The predicted molar refractivity (Wildman–Crippen MR) is 69.0 cm³/mol. The van der Waals surface area contributed by atoms with Crippen LogP contribution in [0.3, 0.4) is 0 Å². The highest BCUT2D eigenvalue weighted by Gasteiger charge is 2.13. The SMILES string of the molecule is CC(Cn1cccn1)NC(=O)c1cnn(CC(=O)O)c1. The number of hydrogen-bond donors (Lipinski definition) is 2. The van der Waals surface area contributed by atoms with Gasteiger partial charge in [0.15, 0.2) is 0 Å². The summed E-state index contributed by atoms with van der Waals surface area (Å²) in [5, 5.41) is 19.3. The molecule has 1 unspecified atom stereocenters. The maximum Gasteiger partial charge on any atom is 0.325 e. The third-order valence-electron chi connectivity index (χ3n) is 2.59. The Morgan fingerprint density at radius 1 is 1.40 bits per heavy atom. The number of carboxylic acids is 1. The van der Waals surface area contributed by atoms with Crippen molar-refractivity contribution in [3.05, 3.63) is 36.4 Å². The number of carbonyl (C=O) groups excluding carboxylic acids is 1. The zero-order chi connectivity index (χ0) is 14.5. The van der Waals surface area contributed by atoms with Gasteiger partial charge in [0.1, 0.15) is 6.54 Å². The molecule has 106 valence electrons. The van der Waals surface area contributed by atoms with E-state index in [9.17, 15) is 9.59 Å². The van der Waals surface area contributed by atoms with Gasteiger partial charge in [0.25, 0.3) is 5.91 Å². The van der Waals surface area contributed by atoms with Crippen LogP contribution in [0.25, 0.3) is 0 Å². The first-order valence-corrected chi connectivity index (χ1v) is 6.07. The van der Waals surface area contributed by atoms with Gasteiger partial charge in [-0.3, -0.25) is 19.0 Å². The Labute approximate surface area is 115 Å². The lowest BCUT2D eigenvalue weighted by molar-refractivity contribution is -0.137. The molecule has 8 nitrogen and oxygen atoms in total. The van der Waals surface area contributed by atoms with E-state index in [4.69, 9.17) is 5.11 Å². The number of nitrogens with zero attached hydrogens (tertiary/aromatic N) is 4. The fourth-order valence-electron chi connectivity index (χ4n) is 1.75. The number of hydrogen-bond acceptors (Lipinski definition) is 4. The van der Waals surface area contributed by atoms with Crippen LogP contribution in [-0.4, -0.2) is 42.6 Å². The topological polar surface area (TPSA) is 102 Å². The molecule has 0 saturated heterocycles. The van der Waals surface area contributed by atoms with Crippen molar-refractivity contribution in [2.45, 2.75) is 26.1 Å². The van der Waals surface area contributed by atoms with E-state index in [1.165, 1.54) is 17.1 Å². The minimum Gasteiger partial charge on any atom is -0.480 e. The highest BCUT2D eigenvalue weighted by atomic mass is 16.4. The van der Waals surface area contributed by atoms with Gasteiger partial charge in [-0.05, 0) is 13.0 Å². The number of rotatable bonds is 6. The van der Waals surface area contributed by atoms with Gasteiger partial charge in [-0.15, -0.1) is 0 Å². The molecule has 0 radical (unpaired) electrons. The lowest BCUT2D eigenvalue weighted by Gasteiger charge is -2.13. The largest absolute Gasteiger partial charge is 0.480 e. The molecule has 8 heteroatoms. The van der Waals surface area contributed by atoms with Crippen LogP contribution in [-0.2, 0) is 17.9 Å². The first kappa shape index (κ1) is 13.8. The summed E-state index contributed by atoms with van der Waals surface area (Å²) in [5.74, 6) is -1.30. The normalized spacial score (nSPS) is 12.1. The van der Waals surface area contributed by atoms with Gasteiger partial charge >= 0.3 is 5.97 Å². The maximum atomic E-state index is 11.9. The Kier molecular flexibility index (Phi) is 4.14. The minimum atomic E-state index is -1.01. The molecule has 0 bridgehead atoms. The zero-order valence-electron chi connectivity index (χ0n) is 10.9. The quantitative estimate of drug-likeness (QED) is 0.772. The summed E-state index contributed by atoms with van der Waals surface area (Å²) >= 11 is 0. The van der Waals surface area contributed by atoms with E-state index in [2.05, 4.69) is 15.5 Å². The Morgan fingerprint density at radius 3 is 2.85 bits per heavy atom. The molecule has 2 N–H and O–H groups in total. The standard InChI is InChI=1S/C12H15N5O3/c1-9(6-16-4-2-3-13-16)15-12(20)10-5-14-17(7-10)8-11(18)19/h2-5,7,9H,6,8H2,1H3,(H,15,20)(H,18,19). The monoisotopic (exact) mass is 277 g/mol. The van der Waals surface area contributed by atoms with Crippen LogP contribution < -0.4 is 5.32 Å². The number of aliphatic carboxylic acids is 1. The molecule has 0 aliphatic heterocycles. The van der Waals surface area contributed by atoms with Crippen LogP contribution in [0.4, 0.5) is 0 Å². The van der Waals surface area contributed by atoms with Crippen molar-refractivity contribution >= 4 is 11.9 Å². The molecular formula is C12H15N5O3. The van der Waals surface area contributed by atoms with Gasteiger partial charge in [0.05, 0.1) is 18.3 Å². The maximum absolute atomic E-state index is 11.9. The molecule has 1 amide bonds. The molecule has 0 aliphatic carbocycles. The second-order valence-electron chi connectivity index (χ2n) is 4.42. The Bertz CT molecular complexity index is 590. The van der Waals surface area contributed by atoms with Crippen molar-refractivity contribution in [1.82, 2.24) is 24.9 Å². The third-order valence-corrected chi connectivity index (χ3v) is 2.59. The number of nitrogens with one attached hydrogen (secondary N) is 1. The highest BCUT2D eigenvalue weighted by molar-refractivity contribution is 5.93. The van der Waals surface area contributed by atoms with E-state index >= 15 is 0 Å². The summed E-state index contributed by atoms with van der Waals surface area (Å²) < 4.78 is 2.92. The van der Waals surface area contributed by atoms with Gasteiger partial charge in [-0.2, -0.15) is 10.2 Å². The average molecular weight is 277 g/mol. The van der Waals surface area contributed by atoms with Crippen LogP contribution in [0.15, 0.2) is 30.9 Å². The fourth-order valence-corrected chi connectivity index (χ4v) is 1.75. The third kappa shape index (κ3) is 3.67. The van der Waals surface area contributed by atoms with E-state index in [1.54, 1.807) is 10.9 Å². The summed E-state index contributed by atoms with van der Waals surface area (Å²) in [5.41, 5.74) is 0.332. The molecule has 20 heavy (non-hydrogen) atoms. The lowest BCUT2D eigenvalue weighted by Crippen LogP contribution is -2.35. The van der Waals surface area contributed by atoms with E-state index < -0.39 is 5.97 Å². The summed E-state index contributed by atoms with van der Waals surface area (Å²) in [6.07, 6.45) is 6.24. The molecule has 2 rings (SSSR count). The van der Waals surface area contributed by atoms with Crippen molar-refractivity contribution in [2.75, 3.05) is 0 Å². The Balaban J connectivity index is 1.90. The van der Waals surface area contributed by atoms with Crippen molar-refractivity contribution < 1.29 is 14.7 Å². The first-order valence-electron chi connectivity index (χ1n) is 6.07. The Morgan fingerprint density at radius 2 is 2.20 bits per heavy atom. The van der Waals surface area contributed by atoms with Gasteiger partial charge < -0.3 is 10.4 Å². The van der Waals surface area contributed by atoms with Crippen molar-refractivity contribution in [3.63, 3.8) is 0 Å². The van der Waals surface area contributed by atoms with E-state index in [-0.39, 0.29) is 18.5 Å². The van der Waals surface area contributed by atoms with Crippen LogP contribution in [0.5, 0.6) is 0 Å². The molecule has 0 aliphatic rings. The van der Waals surface area contributed by atoms with Gasteiger partial charge in [-0.25, -0.2) is 0 Å². The zero-order valence-corrected chi connectivity index (χ0v) is 10.9. The molecule has 0 saturated carbocycles. The second kappa shape index (κ2) is 6.00. The molecule has 0 fully saturated rings. The second-order valence-corrected chi connectivity index (χ2v) is 4.42. The number of carbonyl (C=O) groups is 2. The smallest absolute Gasteiger partial charge is 0.325 e.